The molecule has 0 aliphatic carbocycles. The zero-order valence-corrected chi connectivity index (χ0v) is 10.0. The van der Waals surface area contributed by atoms with Gasteiger partial charge in [-0.25, -0.2) is 9.18 Å². The van der Waals surface area contributed by atoms with E-state index in [1.807, 2.05) is 0 Å². The average molecular weight is 240 g/mol. The minimum Gasteiger partial charge on any atom is -0.385 e. The van der Waals surface area contributed by atoms with Gasteiger partial charge in [-0.15, -0.1) is 0 Å². The number of anilines is 1. The second-order valence-electron chi connectivity index (χ2n) is 3.71. The van der Waals surface area contributed by atoms with Gasteiger partial charge in [-0.2, -0.15) is 0 Å². The minimum absolute atomic E-state index is 0.180. The summed E-state index contributed by atoms with van der Waals surface area (Å²) >= 11 is 0. The zero-order valence-electron chi connectivity index (χ0n) is 10.0. The molecule has 0 saturated heterocycles. The number of ether oxygens (including phenoxy) is 1. The van der Waals surface area contributed by atoms with Gasteiger partial charge in [0.15, 0.2) is 0 Å². The Morgan fingerprint density at radius 1 is 1.47 bits per heavy atom. The third kappa shape index (κ3) is 4.82. The number of halogens is 1. The quantitative estimate of drug-likeness (QED) is 0.776. The zero-order chi connectivity index (χ0) is 12.7. The molecule has 5 heteroatoms. The summed E-state index contributed by atoms with van der Waals surface area (Å²) in [5.74, 6) is -0.433. The number of hydrogen-bond donors (Lipinski definition) is 2. The highest BCUT2D eigenvalue weighted by molar-refractivity contribution is 5.89. The van der Waals surface area contributed by atoms with Gasteiger partial charge in [-0.05, 0) is 31.0 Å². The molecule has 0 aliphatic rings. The Bertz CT molecular complexity index is 383. The van der Waals surface area contributed by atoms with E-state index in [2.05, 4.69) is 10.6 Å². The van der Waals surface area contributed by atoms with Crippen LogP contribution in [0.25, 0.3) is 0 Å². The standard InChI is InChI=1S/C12H17FN2O2/c1-9-4-5-11(10(13)8-9)15-12(16)14-6-3-7-17-2/h4-5,8H,3,6-7H2,1-2H3,(H2,14,15,16). The van der Waals surface area contributed by atoms with Crippen molar-refractivity contribution >= 4 is 11.7 Å². The van der Waals surface area contributed by atoms with Crippen LogP contribution in [0.1, 0.15) is 12.0 Å². The van der Waals surface area contributed by atoms with Crippen LogP contribution in [0.3, 0.4) is 0 Å². The van der Waals surface area contributed by atoms with Crippen molar-refractivity contribution in [3.05, 3.63) is 29.6 Å². The molecule has 2 amide bonds. The SMILES string of the molecule is COCCCNC(=O)Nc1ccc(C)cc1F. The van der Waals surface area contributed by atoms with Gasteiger partial charge in [0.05, 0.1) is 5.69 Å². The van der Waals surface area contributed by atoms with Crippen LogP contribution >= 0.6 is 0 Å². The molecular weight excluding hydrogens is 223 g/mol. The molecule has 0 heterocycles. The maximum atomic E-state index is 13.4. The smallest absolute Gasteiger partial charge is 0.319 e. The number of carbonyl (C=O) groups excluding carboxylic acids is 1. The normalized spacial score (nSPS) is 10.1. The number of urea groups is 1. The fourth-order valence-electron chi connectivity index (χ4n) is 1.31. The van der Waals surface area contributed by atoms with E-state index in [1.165, 1.54) is 6.07 Å². The Labute approximate surface area is 100 Å². The molecule has 0 spiro atoms. The topological polar surface area (TPSA) is 50.4 Å². The van der Waals surface area contributed by atoms with Gasteiger partial charge in [0.2, 0.25) is 0 Å². The third-order valence-corrected chi connectivity index (χ3v) is 2.18. The number of carbonyl (C=O) groups is 1. The molecule has 94 valence electrons. The molecule has 0 radical (unpaired) electrons. The Kier molecular flexibility index (Phi) is 5.42. The lowest BCUT2D eigenvalue weighted by Gasteiger charge is -2.08. The van der Waals surface area contributed by atoms with Crippen LogP contribution in [0, 0.1) is 12.7 Å². The van der Waals surface area contributed by atoms with E-state index >= 15 is 0 Å². The summed E-state index contributed by atoms with van der Waals surface area (Å²) in [6.07, 6.45) is 0.723. The minimum atomic E-state index is -0.433. The van der Waals surface area contributed by atoms with Gasteiger partial charge >= 0.3 is 6.03 Å². The molecule has 1 aromatic carbocycles. The van der Waals surface area contributed by atoms with Gasteiger partial charge in [-0.3, -0.25) is 0 Å². The molecule has 1 rings (SSSR count). The number of methoxy groups -OCH3 is 1. The second-order valence-corrected chi connectivity index (χ2v) is 3.71. The summed E-state index contributed by atoms with van der Waals surface area (Å²) in [5, 5.41) is 5.06. The predicted molar refractivity (Wildman–Crippen MR) is 64.7 cm³/mol. The first-order valence-electron chi connectivity index (χ1n) is 5.43. The van der Waals surface area contributed by atoms with Crippen LogP contribution in [0.2, 0.25) is 0 Å². The lowest BCUT2D eigenvalue weighted by atomic mass is 10.2. The van der Waals surface area contributed by atoms with Crippen molar-refractivity contribution in [1.82, 2.24) is 5.32 Å². The monoisotopic (exact) mass is 240 g/mol. The van der Waals surface area contributed by atoms with E-state index in [0.29, 0.717) is 13.2 Å². The molecule has 0 aliphatic heterocycles. The Balaban J connectivity index is 2.40. The van der Waals surface area contributed by atoms with Crippen molar-refractivity contribution < 1.29 is 13.9 Å². The van der Waals surface area contributed by atoms with Crippen LogP contribution in [0.4, 0.5) is 14.9 Å². The number of nitrogens with one attached hydrogen (secondary N) is 2. The van der Waals surface area contributed by atoms with Gasteiger partial charge in [0, 0.05) is 20.3 Å². The molecule has 2 N–H and O–H groups in total. The largest absolute Gasteiger partial charge is 0.385 e. The summed E-state index contributed by atoms with van der Waals surface area (Å²) in [7, 11) is 1.60. The van der Waals surface area contributed by atoms with E-state index in [0.717, 1.165) is 12.0 Å². The predicted octanol–water partition coefficient (Wildman–Crippen LogP) is 2.29. The Hall–Kier alpha value is -1.62. The number of rotatable bonds is 5. The van der Waals surface area contributed by atoms with E-state index in [9.17, 15) is 9.18 Å². The lowest BCUT2D eigenvalue weighted by Crippen LogP contribution is -2.30. The highest BCUT2D eigenvalue weighted by Gasteiger charge is 2.05. The van der Waals surface area contributed by atoms with E-state index in [1.54, 1.807) is 26.2 Å². The summed E-state index contributed by atoms with van der Waals surface area (Å²) in [5.41, 5.74) is 0.994. The first-order chi connectivity index (χ1) is 8.13. The van der Waals surface area contributed by atoms with Crippen molar-refractivity contribution in [3.63, 3.8) is 0 Å². The maximum absolute atomic E-state index is 13.4. The van der Waals surface area contributed by atoms with Crippen molar-refractivity contribution in [2.24, 2.45) is 0 Å². The van der Waals surface area contributed by atoms with Gasteiger partial charge in [-0.1, -0.05) is 6.07 Å². The highest BCUT2D eigenvalue weighted by Crippen LogP contribution is 2.14. The lowest BCUT2D eigenvalue weighted by molar-refractivity contribution is 0.194. The molecule has 0 unspecified atom stereocenters. The van der Waals surface area contributed by atoms with E-state index in [-0.39, 0.29) is 5.69 Å². The molecular formula is C12H17FN2O2. The maximum Gasteiger partial charge on any atom is 0.319 e. The third-order valence-electron chi connectivity index (χ3n) is 2.18. The highest BCUT2D eigenvalue weighted by atomic mass is 19.1. The molecule has 0 aromatic heterocycles. The molecule has 0 atom stereocenters. The molecule has 0 saturated carbocycles. The van der Waals surface area contributed by atoms with Gasteiger partial charge in [0.25, 0.3) is 0 Å². The van der Waals surface area contributed by atoms with Crippen LogP contribution in [-0.4, -0.2) is 26.3 Å². The van der Waals surface area contributed by atoms with Crippen LogP contribution < -0.4 is 10.6 Å². The number of amides is 2. The summed E-state index contributed by atoms with van der Waals surface area (Å²) in [6.45, 7) is 2.87. The van der Waals surface area contributed by atoms with Gasteiger partial charge in [0.1, 0.15) is 5.82 Å². The number of hydrogen-bond acceptors (Lipinski definition) is 2. The summed E-state index contributed by atoms with van der Waals surface area (Å²) in [6, 6.07) is 4.24. The van der Waals surface area contributed by atoms with E-state index in [4.69, 9.17) is 4.74 Å². The molecule has 4 nitrogen and oxygen atoms in total. The fraction of sp³-hybridized carbons (Fsp3) is 0.417. The summed E-state index contributed by atoms with van der Waals surface area (Å²) < 4.78 is 18.2. The first kappa shape index (κ1) is 13.4. The van der Waals surface area contributed by atoms with Crippen LogP contribution in [0.5, 0.6) is 0 Å². The van der Waals surface area contributed by atoms with Crippen molar-refractivity contribution in [3.8, 4) is 0 Å². The van der Waals surface area contributed by atoms with Gasteiger partial charge < -0.3 is 15.4 Å². The van der Waals surface area contributed by atoms with Crippen LogP contribution in [-0.2, 0) is 4.74 Å². The number of benzene rings is 1. The Morgan fingerprint density at radius 2 is 2.24 bits per heavy atom. The molecule has 1 aromatic rings. The summed E-state index contributed by atoms with van der Waals surface area (Å²) in [4.78, 5) is 11.4. The van der Waals surface area contributed by atoms with Crippen molar-refractivity contribution in [1.29, 1.82) is 0 Å². The average Bonchev–Trinajstić information content (AvgIpc) is 2.28. The van der Waals surface area contributed by atoms with E-state index < -0.39 is 11.8 Å². The molecule has 0 fully saturated rings. The second kappa shape index (κ2) is 6.85. The molecule has 0 bridgehead atoms. The van der Waals surface area contributed by atoms with Crippen molar-refractivity contribution in [2.45, 2.75) is 13.3 Å². The molecule has 17 heavy (non-hydrogen) atoms. The number of aryl methyl sites for hydroxylation is 1. The fourth-order valence-corrected chi connectivity index (χ4v) is 1.31. The van der Waals surface area contributed by atoms with Crippen molar-refractivity contribution in [2.75, 3.05) is 25.6 Å². The Morgan fingerprint density at radius 3 is 2.88 bits per heavy atom. The van der Waals surface area contributed by atoms with Crippen LogP contribution in [0.15, 0.2) is 18.2 Å². The first-order valence-corrected chi connectivity index (χ1v) is 5.43.